The van der Waals surface area contributed by atoms with Gasteiger partial charge >= 0.3 is 0 Å². The molecule has 0 aliphatic rings. The largest absolute Gasteiger partial charge is 0.382 e. The van der Waals surface area contributed by atoms with Crippen molar-refractivity contribution in [3.05, 3.63) is 29.0 Å². The van der Waals surface area contributed by atoms with E-state index in [0.717, 1.165) is 0 Å². The van der Waals surface area contributed by atoms with Gasteiger partial charge in [-0.1, -0.05) is 11.6 Å². The lowest BCUT2D eigenvalue weighted by atomic mass is 10.1. The van der Waals surface area contributed by atoms with Crippen LogP contribution in [-0.4, -0.2) is 12.1 Å². The van der Waals surface area contributed by atoms with Crippen LogP contribution < -0.4 is 11.1 Å². The molecule has 0 unspecified atom stereocenters. The number of benzene rings is 1. The second-order valence-corrected chi connectivity index (χ2v) is 4.37. The average Bonchev–Trinajstić information content (AvgIpc) is 2.05. The minimum atomic E-state index is -0.352. The second-order valence-electron chi connectivity index (χ2n) is 3.97. The molecule has 4 heteroatoms. The summed E-state index contributed by atoms with van der Waals surface area (Å²) in [4.78, 5) is 0. The van der Waals surface area contributed by atoms with Gasteiger partial charge in [0.25, 0.3) is 0 Å². The Labute approximate surface area is 88.2 Å². The first kappa shape index (κ1) is 11.3. The van der Waals surface area contributed by atoms with Crippen molar-refractivity contribution >= 4 is 17.3 Å². The molecule has 0 saturated carbocycles. The molecule has 1 aromatic carbocycles. The Bertz CT molecular complexity index is 320. The van der Waals surface area contributed by atoms with Crippen molar-refractivity contribution in [2.45, 2.75) is 19.4 Å². The second kappa shape index (κ2) is 4.15. The Hall–Kier alpha value is -0.800. The van der Waals surface area contributed by atoms with Gasteiger partial charge < -0.3 is 11.1 Å². The summed E-state index contributed by atoms with van der Waals surface area (Å²) in [6.07, 6.45) is 0. The van der Waals surface area contributed by atoms with Crippen LogP contribution in [0.15, 0.2) is 18.2 Å². The topological polar surface area (TPSA) is 38.0 Å². The summed E-state index contributed by atoms with van der Waals surface area (Å²) >= 11 is 5.86. The van der Waals surface area contributed by atoms with E-state index in [1.807, 2.05) is 13.8 Å². The number of nitrogens with one attached hydrogen (secondary N) is 1. The number of nitrogens with two attached hydrogens (primary N) is 1. The molecule has 0 aliphatic carbocycles. The standard InChI is InChI=1S/C10H14ClFN2/c1-10(2,13)6-14-9-5-7(12)3-4-8(9)11/h3-5,14H,6,13H2,1-2H3. The fourth-order valence-corrected chi connectivity index (χ4v) is 1.14. The maximum absolute atomic E-state index is 12.8. The van der Waals surface area contributed by atoms with E-state index in [1.165, 1.54) is 18.2 Å². The number of rotatable bonds is 3. The molecule has 14 heavy (non-hydrogen) atoms. The summed E-state index contributed by atoms with van der Waals surface area (Å²) < 4.78 is 12.8. The molecule has 0 saturated heterocycles. The zero-order chi connectivity index (χ0) is 10.8. The first-order chi connectivity index (χ1) is 6.38. The van der Waals surface area contributed by atoms with Crippen LogP contribution in [0.3, 0.4) is 0 Å². The highest BCUT2D eigenvalue weighted by Gasteiger charge is 2.11. The van der Waals surface area contributed by atoms with Crippen molar-refractivity contribution in [1.82, 2.24) is 0 Å². The van der Waals surface area contributed by atoms with Crippen molar-refractivity contribution in [3.63, 3.8) is 0 Å². The molecule has 0 aliphatic heterocycles. The molecule has 0 spiro atoms. The van der Waals surface area contributed by atoms with E-state index in [0.29, 0.717) is 17.3 Å². The molecule has 0 radical (unpaired) electrons. The van der Waals surface area contributed by atoms with Gasteiger partial charge in [0.15, 0.2) is 0 Å². The molecule has 0 bridgehead atoms. The fraction of sp³-hybridized carbons (Fsp3) is 0.400. The van der Waals surface area contributed by atoms with Gasteiger partial charge in [0.1, 0.15) is 5.82 Å². The van der Waals surface area contributed by atoms with E-state index < -0.39 is 0 Å². The summed E-state index contributed by atoms with van der Waals surface area (Å²) in [6.45, 7) is 4.30. The Morgan fingerprint density at radius 3 is 2.71 bits per heavy atom. The SMILES string of the molecule is CC(C)(N)CNc1cc(F)ccc1Cl. The van der Waals surface area contributed by atoms with E-state index in [1.54, 1.807) is 0 Å². The van der Waals surface area contributed by atoms with Crippen LogP contribution in [-0.2, 0) is 0 Å². The van der Waals surface area contributed by atoms with Crippen LogP contribution in [0.2, 0.25) is 5.02 Å². The van der Waals surface area contributed by atoms with Gasteiger partial charge in [-0.2, -0.15) is 0 Å². The van der Waals surface area contributed by atoms with Crippen LogP contribution in [0.4, 0.5) is 10.1 Å². The minimum absolute atomic E-state index is 0.313. The molecule has 1 aromatic rings. The minimum Gasteiger partial charge on any atom is -0.382 e. The number of hydrogen-bond acceptors (Lipinski definition) is 2. The highest BCUT2D eigenvalue weighted by atomic mass is 35.5. The summed E-state index contributed by atoms with van der Waals surface area (Å²) in [7, 11) is 0. The van der Waals surface area contributed by atoms with Crippen LogP contribution in [0, 0.1) is 5.82 Å². The summed E-state index contributed by atoms with van der Waals surface area (Å²) in [6, 6.07) is 4.19. The lowest BCUT2D eigenvalue weighted by molar-refractivity contribution is 0.549. The van der Waals surface area contributed by atoms with Crippen LogP contribution in [0.1, 0.15) is 13.8 Å². The number of hydrogen-bond donors (Lipinski definition) is 2. The van der Waals surface area contributed by atoms with Crippen LogP contribution >= 0.6 is 11.6 Å². The van der Waals surface area contributed by atoms with E-state index in [9.17, 15) is 4.39 Å². The van der Waals surface area contributed by atoms with Crippen molar-refractivity contribution < 1.29 is 4.39 Å². The highest BCUT2D eigenvalue weighted by Crippen LogP contribution is 2.22. The lowest BCUT2D eigenvalue weighted by Crippen LogP contribution is -2.39. The number of anilines is 1. The predicted molar refractivity (Wildman–Crippen MR) is 58.2 cm³/mol. The Kier molecular flexibility index (Phi) is 3.34. The smallest absolute Gasteiger partial charge is 0.125 e. The highest BCUT2D eigenvalue weighted by molar-refractivity contribution is 6.33. The predicted octanol–water partition coefficient (Wildman–Crippen LogP) is 2.63. The maximum atomic E-state index is 12.8. The van der Waals surface area contributed by atoms with Gasteiger partial charge in [-0.05, 0) is 32.0 Å². The summed E-state index contributed by atoms with van der Waals surface area (Å²) in [5, 5.41) is 3.49. The zero-order valence-corrected chi connectivity index (χ0v) is 9.03. The van der Waals surface area contributed by atoms with Crippen molar-refractivity contribution in [1.29, 1.82) is 0 Å². The Morgan fingerprint density at radius 1 is 1.50 bits per heavy atom. The van der Waals surface area contributed by atoms with Gasteiger partial charge in [-0.25, -0.2) is 4.39 Å². The average molecular weight is 217 g/mol. The first-order valence-corrected chi connectivity index (χ1v) is 4.74. The molecule has 0 amide bonds. The van der Waals surface area contributed by atoms with Gasteiger partial charge in [0.2, 0.25) is 0 Å². The monoisotopic (exact) mass is 216 g/mol. The van der Waals surface area contributed by atoms with Crippen molar-refractivity contribution in [2.75, 3.05) is 11.9 Å². The van der Waals surface area contributed by atoms with E-state index in [4.69, 9.17) is 17.3 Å². The Morgan fingerprint density at radius 2 is 2.14 bits per heavy atom. The molecule has 0 fully saturated rings. The van der Waals surface area contributed by atoms with Crippen molar-refractivity contribution in [3.8, 4) is 0 Å². The van der Waals surface area contributed by atoms with Crippen LogP contribution in [0.25, 0.3) is 0 Å². The third-order valence-electron chi connectivity index (χ3n) is 1.66. The third-order valence-corrected chi connectivity index (χ3v) is 1.99. The molecule has 0 atom stereocenters. The van der Waals surface area contributed by atoms with Gasteiger partial charge in [0, 0.05) is 12.1 Å². The molecule has 1 rings (SSSR count). The molecule has 3 N–H and O–H groups in total. The molecular weight excluding hydrogens is 203 g/mol. The van der Waals surface area contributed by atoms with Gasteiger partial charge in [-0.15, -0.1) is 0 Å². The molecular formula is C10H14ClFN2. The van der Waals surface area contributed by atoms with Gasteiger partial charge in [0.05, 0.1) is 10.7 Å². The molecule has 78 valence electrons. The first-order valence-electron chi connectivity index (χ1n) is 4.36. The number of halogens is 2. The quantitative estimate of drug-likeness (QED) is 0.815. The normalized spacial score (nSPS) is 11.5. The fourth-order valence-electron chi connectivity index (χ4n) is 0.956. The molecule has 0 aromatic heterocycles. The maximum Gasteiger partial charge on any atom is 0.125 e. The van der Waals surface area contributed by atoms with Crippen LogP contribution in [0.5, 0.6) is 0 Å². The summed E-state index contributed by atoms with van der Waals surface area (Å²) in [5.41, 5.74) is 5.99. The summed E-state index contributed by atoms with van der Waals surface area (Å²) in [5.74, 6) is -0.313. The lowest BCUT2D eigenvalue weighted by Gasteiger charge is -2.20. The van der Waals surface area contributed by atoms with E-state index in [2.05, 4.69) is 5.32 Å². The zero-order valence-electron chi connectivity index (χ0n) is 8.27. The van der Waals surface area contributed by atoms with Gasteiger partial charge in [-0.3, -0.25) is 0 Å². The van der Waals surface area contributed by atoms with Crippen molar-refractivity contribution in [2.24, 2.45) is 5.73 Å². The molecule has 2 nitrogen and oxygen atoms in total. The van der Waals surface area contributed by atoms with E-state index in [-0.39, 0.29) is 11.4 Å². The third kappa shape index (κ3) is 3.52. The Balaban J connectivity index is 2.72. The molecule has 0 heterocycles. The van der Waals surface area contributed by atoms with E-state index >= 15 is 0 Å².